The molecule has 24 heavy (non-hydrogen) atoms. The number of rotatable bonds is 8. The van der Waals surface area contributed by atoms with Crippen molar-refractivity contribution in [3.8, 4) is 5.75 Å². The second kappa shape index (κ2) is 10.4. The highest BCUT2D eigenvalue weighted by atomic mass is 16.5. The lowest BCUT2D eigenvalue weighted by atomic mass is 9.89. The van der Waals surface area contributed by atoms with Crippen molar-refractivity contribution in [2.45, 2.75) is 66.7 Å². The Kier molecular flexibility index (Phi) is 8.88. The van der Waals surface area contributed by atoms with E-state index in [4.69, 9.17) is 9.47 Å². The summed E-state index contributed by atoms with van der Waals surface area (Å²) in [6.07, 6.45) is 3.35. The first-order chi connectivity index (χ1) is 11.5. The molecule has 1 saturated carbocycles. The summed E-state index contributed by atoms with van der Waals surface area (Å²) >= 11 is 0. The van der Waals surface area contributed by atoms with E-state index >= 15 is 0 Å². The van der Waals surface area contributed by atoms with Crippen molar-refractivity contribution in [3.05, 3.63) is 29.3 Å². The Morgan fingerprint density at radius 2 is 1.92 bits per heavy atom. The minimum absolute atomic E-state index is 0.131. The van der Waals surface area contributed by atoms with Crippen LogP contribution in [0.1, 0.15) is 70.9 Å². The van der Waals surface area contributed by atoms with E-state index in [0.717, 1.165) is 35.8 Å². The van der Waals surface area contributed by atoms with Crippen molar-refractivity contribution in [1.82, 2.24) is 0 Å². The Balaban J connectivity index is 0.00000139. The minimum atomic E-state index is -0.205. The summed E-state index contributed by atoms with van der Waals surface area (Å²) in [4.78, 5) is 12.3. The predicted molar refractivity (Wildman–Crippen MR) is 99.6 cm³/mol. The van der Waals surface area contributed by atoms with Crippen molar-refractivity contribution < 1.29 is 14.3 Å². The number of carbonyl (C=O) groups is 1. The standard InChI is InChI=1S/C19H28O3.C2H6/c1-5-21-19(20)17(10-13(2)3)16-9-6-14(4)18(11-16)22-12-15-7-8-15;1-2/h6,9,11,13,15,17H,5,7-8,10,12H2,1-4H3;1-2H3. The first-order valence-electron chi connectivity index (χ1n) is 9.41. The number of benzene rings is 1. The largest absolute Gasteiger partial charge is 0.493 e. The fourth-order valence-corrected chi connectivity index (χ4v) is 2.56. The van der Waals surface area contributed by atoms with Gasteiger partial charge in [0, 0.05) is 0 Å². The highest BCUT2D eigenvalue weighted by Crippen LogP contribution is 2.33. The Bertz CT molecular complexity index is 504. The van der Waals surface area contributed by atoms with E-state index in [9.17, 15) is 4.79 Å². The summed E-state index contributed by atoms with van der Waals surface area (Å²) in [6.45, 7) is 13.4. The summed E-state index contributed by atoms with van der Waals surface area (Å²) in [5.41, 5.74) is 2.13. The maximum Gasteiger partial charge on any atom is 0.313 e. The monoisotopic (exact) mass is 334 g/mol. The first kappa shape index (κ1) is 20.5. The van der Waals surface area contributed by atoms with Crippen LogP contribution in [-0.4, -0.2) is 19.2 Å². The van der Waals surface area contributed by atoms with Crippen LogP contribution in [0.15, 0.2) is 18.2 Å². The lowest BCUT2D eigenvalue weighted by Crippen LogP contribution is -2.18. The van der Waals surface area contributed by atoms with Crippen LogP contribution in [0.2, 0.25) is 0 Å². The molecule has 0 spiro atoms. The summed E-state index contributed by atoms with van der Waals surface area (Å²) in [7, 11) is 0. The molecule has 0 N–H and O–H groups in total. The maximum atomic E-state index is 12.3. The molecule has 3 heteroatoms. The molecule has 3 nitrogen and oxygen atoms in total. The zero-order valence-electron chi connectivity index (χ0n) is 16.2. The van der Waals surface area contributed by atoms with Gasteiger partial charge in [-0.1, -0.05) is 39.8 Å². The SMILES string of the molecule is CC.CCOC(=O)C(CC(C)C)c1ccc(C)c(OCC2CC2)c1. The van der Waals surface area contributed by atoms with E-state index in [0.29, 0.717) is 12.5 Å². The van der Waals surface area contributed by atoms with Crippen LogP contribution in [0.25, 0.3) is 0 Å². The van der Waals surface area contributed by atoms with Gasteiger partial charge in [0.05, 0.1) is 19.1 Å². The van der Waals surface area contributed by atoms with Gasteiger partial charge in [-0.15, -0.1) is 0 Å². The predicted octanol–water partition coefficient (Wildman–Crippen LogP) is 5.50. The molecule has 136 valence electrons. The molecule has 1 aliphatic rings. The van der Waals surface area contributed by atoms with Gasteiger partial charge in [0.25, 0.3) is 0 Å². The molecule has 0 amide bonds. The Labute approximate surface area is 147 Å². The second-order valence-corrected chi connectivity index (χ2v) is 6.71. The average Bonchev–Trinajstić information content (AvgIpc) is 3.38. The topological polar surface area (TPSA) is 35.5 Å². The van der Waals surface area contributed by atoms with Crippen molar-refractivity contribution in [3.63, 3.8) is 0 Å². The van der Waals surface area contributed by atoms with Gasteiger partial charge in [0.1, 0.15) is 5.75 Å². The molecule has 1 aromatic carbocycles. The molecule has 0 aliphatic heterocycles. The summed E-state index contributed by atoms with van der Waals surface area (Å²) in [6, 6.07) is 6.11. The number of hydrogen-bond donors (Lipinski definition) is 0. The third-order valence-corrected chi connectivity index (χ3v) is 4.06. The average molecular weight is 335 g/mol. The van der Waals surface area contributed by atoms with E-state index in [1.54, 1.807) is 0 Å². The fourth-order valence-electron chi connectivity index (χ4n) is 2.56. The van der Waals surface area contributed by atoms with E-state index in [2.05, 4.69) is 13.8 Å². The van der Waals surface area contributed by atoms with Gasteiger partial charge in [-0.2, -0.15) is 0 Å². The molecule has 0 heterocycles. The lowest BCUT2D eigenvalue weighted by Gasteiger charge is -2.19. The van der Waals surface area contributed by atoms with Gasteiger partial charge < -0.3 is 9.47 Å². The van der Waals surface area contributed by atoms with Crippen LogP contribution < -0.4 is 4.74 Å². The van der Waals surface area contributed by atoms with Crippen molar-refractivity contribution >= 4 is 5.97 Å². The number of esters is 1. The van der Waals surface area contributed by atoms with E-state index in [1.807, 2.05) is 45.9 Å². The van der Waals surface area contributed by atoms with E-state index < -0.39 is 0 Å². The first-order valence-corrected chi connectivity index (χ1v) is 9.41. The van der Waals surface area contributed by atoms with Crippen LogP contribution >= 0.6 is 0 Å². The van der Waals surface area contributed by atoms with Crippen LogP contribution in [0.4, 0.5) is 0 Å². The van der Waals surface area contributed by atoms with E-state index in [1.165, 1.54) is 12.8 Å². The molecule has 1 aliphatic carbocycles. The number of hydrogen-bond acceptors (Lipinski definition) is 3. The smallest absolute Gasteiger partial charge is 0.313 e. The molecule has 1 unspecified atom stereocenters. The Morgan fingerprint density at radius 1 is 1.25 bits per heavy atom. The number of carbonyl (C=O) groups excluding carboxylic acids is 1. The molecule has 0 radical (unpaired) electrons. The number of ether oxygens (including phenoxy) is 2. The van der Waals surface area contributed by atoms with Gasteiger partial charge >= 0.3 is 5.97 Å². The molecule has 0 bridgehead atoms. The summed E-state index contributed by atoms with van der Waals surface area (Å²) in [5, 5.41) is 0. The Hall–Kier alpha value is -1.51. The van der Waals surface area contributed by atoms with Crippen molar-refractivity contribution in [2.24, 2.45) is 11.8 Å². The number of aryl methyl sites for hydroxylation is 1. The molecule has 1 aromatic rings. The zero-order chi connectivity index (χ0) is 18.1. The van der Waals surface area contributed by atoms with Crippen LogP contribution in [0.3, 0.4) is 0 Å². The molecular weight excluding hydrogens is 300 g/mol. The van der Waals surface area contributed by atoms with Gasteiger partial charge in [-0.3, -0.25) is 4.79 Å². The van der Waals surface area contributed by atoms with Gasteiger partial charge in [0.15, 0.2) is 0 Å². The van der Waals surface area contributed by atoms with Crippen molar-refractivity contribution in [2.75, 3.05) is 13.2 Å². The maximum absolute atomic E-state index is 12.3. The zero-order valence-corrected chi connectivity index (χ0v) is 16.2. The molecular formula is C21H34O3. The highest BCUT2D eigenvalue weighted by molar-refractivity contribution is 5.78. The molecule has 1 fully saturated rings. The molecule has 2 rings (SSSR count). The van der Waals surface area contributed by atoms with Crippen LogP contribution in [0.5, 0.6) is 5.75 Å². The van der Waals surface area contributed by atoms with Crippen molar-refractivity contribution in [1.29, 1.82) is 0 Å². The molecule has 0 saturated heterocycles. The van der Waals surface area contributed by atoms with Crippen LogP contribution in [-0.2, 0) is 9.53 Å². The molecule has 0 aromatic heterocycles. The fraction of sp³-hybridized carbons (Fsp3) is 0.667. The van der Waals surface area contributed by atoms with Crippen LogP contribution in [0, 0.1) is 18.8 Å². The van der Waals surface area contributed by atoms with E-state index in [-0.39, 0.29) is 11.9 Å². The normalized spacial score (nSPS) is 14.6. The molecule has 1 atom stereocenters. The highest BCUT2D eigenvalue weighted by Gasteiger charge is 2.25. The lowest BCUT2D eigenvalue weighted by molar-refractivity contribution is -0.145. The van der Waals surface area contributed by atoms with Gasteiger partial charge in [-0.25, -0.2) is 0 Å². The second-order valence-electron chi connectivity index (χ2n) is 6.71. The third kappa shape index (κ3) is 6.54. The minimum Gasteiger partial charge on any atom is -0.493 e. The summed E-state index contributed by atoms with van der Waals surface area (Å²) in [5.74, 6) is 1.73. The third-order valence-electron chi connectivity index (χ3n) is 4.06. The quantitative estimate of drug-likeness (QED) is 0.589. The Morgan fingerprint density at radius 3 is 2.46 bits per heavy atom. The van der Waals surface area contributed by atoms with Gasteiger partial charge in [-0.05, 0) is 62.1 Å². The summed E-state index contributed by atoms with van der Waals surface area (Å²) < 4.78 is 11.2. The van der Waals surface area contributed by atoms with Gasteiger partial charge in [0.2, 0.25) is 0 Å².